The summed E-state index contributed by atoms with van der Waals surface area (Å²) in [5, 5.41) is 32.7. The minimum absolute atomic E-state index is 0.0616. The fourth-order valence-electron chi connectivity index (χ4n) is 4.93. The smallest absolute Gasteiger partial charge is 0.199 e. The molecular weight excluding hydrogens is 260 g/mol. The van der Waals surface area contributed by atoms with E-state index in [4.69, 9.17) is 9.47 Å². The number of epoxide rings is 1. The third kappa shape index (κ3) is 1.23. The normalized spacial score (nSPS) is 64.5. The number of aliphatic hydroxyl groups is 3. The van der Waals surface area contributed by atoms with Crippen molar-refractivity contribution in [2.24, 2.45) is 17.8 Å². The van der Waals surface area contributed by atoms with Gasteiger partial charge in [-0.15, -0.1) is 0 Å². The second-order valence-electron chi connectivity index (χ2n) is 7.28. The van der Waals surface area contributed by atoms with Crippen molar-refractivity contribution in [2.45, 2.75) is 55.9 Å². The standard InChI is InChI=1S/C15H22O5/c1-7-5-14(17)15(18,8(2)6-19-14)11-9(7)4-10-13(3,20-10)12(11)16/h7,9-12,16-18H,2,4-6H2,1,3H3/t7-,9+,10+,11+,12-,13+,14+,15+/m0/s1. The van der Waals surface area contributed by atoms with Crippen LogP contribution in [0.15, 0.2) is 12.2 Å². The first-order chi connectivity index (χ1) is 9.24. The Labute approximate surface area is 118 Å². The van der Waals surface area contributed by atoms with Crippen molar-refractivity contribution in [1.29, 1.82) is 0 Å². The van der Waals surface area contributed by atoms with E-state index in [2.05, 4.69) is 6.58 Å². The van der Waals surface area contributed by atoms with E-state index in [1.165, 1.54) is 0 Å². The number of ether oxygens (including phenoxy) is 2. The van der Waals surface area contributed by atoms with Crippen LogP contribution in [0.4, 0.5) is 0 Å². The zero-order valence-corrected chi connectivity index (χ0v) is 11.9. The van der Waals surface area contributed by atoms with Crippen LogP contribution in [0.25, 0.3) is 0 Å². The van der Waals surface area contributed by atoms with Gasteiger partial charge in [-0.3, -0.25) is 0 Å². The predicted molar refractivity (Wildman–Crippen MR) is 69.7 cm³/mol. The van der Waals surface area contributed by atoms with Gasteiger partial charge in [0.15, 0.2) is 5.79 Å². The predicted octanol–water partition coefficient (Wildman–Crippen LogP) is 0.187. The van der Waals surface area contributed by atoms with Gasteiger partial charge in [0.1, 0.15) is 11.2 Å². The monoisotopic (exact) mass is 282 g/mol. The van der Waals surface area contributed by atoms with E-state index in [1.54, 1.807) is 0 Å². The first kappa shape index (κ1) is 13.2. The van der Waals surface area contributed by atoms with Crippen LogP contribution < -0.4 is 0 Å². The molecule has 0 bridgehead atoms. The fourth-order valence-corrected chi connectivity index (χ4v) is 4.93. The van der Waals surface area contributed by atoms with Crippen molar-refractivity contribution in [3.8, 4) is 0 Å². The summed E-state index contributed by atoms with van der Waals surface area (Å²) >= 11 is 0. The summed E-state index contributed by atoms with van der Waals surface area (Å²) in [6.07, 6.45) is 0.417. The molecule has 0 amide bonds. The third-order valence-electron chi connectivity index (χ3n) is 6.28. The summed E-state index contributed by atoms with van der Waals surface area (Å²) in [5.74, 6) is -1.87. The SMILES string of the molecule is C=C1CO[C@]2(O)C[C@H](C)[C@H]3C[C@H]4O[C@@]4(C)[C@@H](O)[C@@H]3[C@]12O. The van der Waals surface area contributed by atoms with Crippen LogP contribution in [0.3, 0.4) is 0 Å². The zero-order valence-electron chi connectivity index (χ0n) is 11.9. The van der Waals surface area contributed by atoms with Crippen LogP contribution in [0.2, 0.25) is 0 Å². The fraction of sp³-hybridized carbons (Fsp3) is 0.867. The largest absolute Gasteiger partial charge is 0.390 e. The lowest BCUT2D eigenvalue weighted by Gasteiger charge is -2.55. The average molecular weight is 282 g/mol. The molecule has 0 aromatic carbocycles. The minimum Gasteiger partial charge on any atom is -0.390 e. The minimum atomic E-state index is -1.64. The highest BCUT2D eigenvalue weighted by Gasteiger charge is 2.75. The molecule has 5 nitrogen and oxygen atoms in total. The van der Waals surface area contributed by atoms with Gasteiger partial charge in [0.05, 0.1) is 18.8 Å². The maximum Gasteiger partial charge on any atom is 0.199 e. The Bertz CT molecular complexity index is 493. The number of rotatable bonds is 0. The van der Waals surface area contributed by atoms with Gasteiger partial charge in [0.25, 0.3) is 0 Å². The molecule has 2 saturated carbocycles. The Morgan fingerprint density at radius 2 is 2.05 bits per heavy atom. The van der Waals surface area contributed by atoms with Crippen molar-refractivity contribution in [3.63, 3.8) is 0 Å². The van der Waals surface area contributed by atoms with E-state index in [0.717, 1.165) is 6.42 Å². The molecule has 4 rings (SSSR count). The molecule has 2 aliphatic carbocycles. The summed E-state index contributed by atoms with van der Waals surface area (Å²) in [4.78, 5) is 0. The highest BCUT2D eigenvalue weighted by molar-refractivity contribution is 5.32. The number of hydrogen-bond donors (Lipinski definition) is 3. The molecule has 0 aromatic rings. The lowest BCUT2D eigenvalue weighted by atomic mass is 9.53. The van der Waals surface area contributed by atoms with Gasteiger partial charge in [0, 0.05) is 12.3 Å². The van der Waals surface area contributed by atoms with Crippen LogP contribution in [0, 0.1) is 17.8 Å². The van der Waals surface area contributed by atoms with Gasteiger partial charge >= 0.3 is 0 Å². The molecule has 112 valence electrons. The summed E-state index contributed by atoms with van der Waals surface area (Å²) in [6.45, 7) is 7.93. The quantitative estimate of drug-likeness (QED) is 0.436. The van der Waals surface area contributed by atoms with Crippen LogP contribution >= 0.6 is 0 Å². The zero-order chi connectivity index (χ0) is 14.5. The molecule has 2 heterocycles. The van der Waals surface area contributed by atoms with Crippen LogP contribution in [0.5, 0.6) is 0 Å². The Hall–Kier alpha value is -0.460. The first-order valence-corrected chi connectivity index (χ1v) is 7.37. The van der Waals surface area contributed by atoms with Crippen LogP contribution in [-0.2, 0) is 9.47 Å². The number of fused-ring (bicyclic) bond motifs is 4. The molecule has 20 heavy (non-hydrogen) atoms. The molecule has 2 aliphatic heterocycles. The van der Waals surface area contributed by atoms with Crippen molar-refractivity contribution >= 4 is 0 Å². The molecule has 5 heteroatoms. The summed E-state index contributed by atoms with van der Waals surface area (Å²) in [6, 6.07) is 0. The Kier molecular flexibility index (Phi) is 2.29. The molecule has 2 saturated heterocycles. The van der Waals surface area contributed by atoms with E-state index in [-0.39, 0.29) is 24.5 Å². The molecule has 8 atom stereocenters. The lowest BCUT2D eigenvalue weighted by Crippen LogP contribution is -2.69. The summed E-state index contributed by atoms with van der Waals surface area (Å²) in [5.41, 5.74) is -1.72. The van der Waals surface area contributed by atoms with Crippen LogP contribution in [0.1, 0.15) is 26.7 Å². The van der Waals surface area contributed by atoms with Crippen molar-refractivity contribution in [2.75, 3.05) is 6.61 Å². The molecule has 4 aliphatic rings. The Balaban J connectivity index is 1.83. The second kappa shape index (κ2) is 3.47. The Morgan fingerprint density at radius 1 is 1.35 bits per heavy atom. The molecule has 0 aromatic heterocycles. The maximum absolute atomic E-state index is 11.2. The molecule has 0 radical (unpaired) electrons. The van der Waals surface area contributed by atoms with Gasteiger partial charge in [-0.05, 0) is 30.8 Å². The maximum atomic E-state index is 11.2. The van der Waals surface area contributed by atoms with E-state index >= 15 is 0 Å². The van der Waals surface area contributed by atoms with Gasteiger partial charge < -0.3 is 24.8 Å². The molecular formula is C15H22O5. The Morgan fingerprint density at radius 3 is 2.75 bits per heavy atom. The van der Waals surface area contributed by atoms with Gasteiger partial charge in [-0.25, -0.2) is 0 Å². The highest BCUT2D eigenvalue weighted by Crippen LogP contribution is 2.63. The molecule has 3 N–H and O–H groups in total. The number of aliphatic hydroxyl groups excluding tert-OH is 1. The van der Waals surface area contributed by atoms with E-state index < -0.39 is 29.0 Å². The second-order valence-corrected chi connectivity index (χ2v) is 7.28. The molecule has 0 unspecified atom stereocenters. The lowest BCUT2D eigenvalue weighted by molar-refractivity contribution is -0.312. The first-order valence-electron chi connectivity index (χ1n) is 7.37. The van der Waals surface area contributed by atoms with E-state index in [0.29, 0.717) is 12.0 Å². The summed E-state index contributed by atoms with van der Waals surface area (Å²) < 4.78 is 11.1. The third-order valence-corrected chi connectivity index (χ3v) is 6.28. The summed E-state index contributed by atoms with van der Waals surface area (Å²) in [7, 11) is 0. The van der Waals surface area contributed by atoms with Gasteiger partial charge in [0.2, 0.25) is 0 Å². The highest BCUT2D eigenvalue weighted by atomic mass is 16.7. The average Bonchev–Trinajstić information content (AvgIpc) is 2.99. The number of hydrogen-bond acceptors (Lipinski definition) is 5. The van der Waals surface area contributed by atoms with Gasteiger partial charge in [-0.1, -0.05) is 13.5 Å². The van der Waals surface area contributed by atoms with E-state index in [1.807, 2.05) is 13.8 Å². The molecule has 0 spiro atoms. The van der Waals surface area contributed by atoms with Crippen molar-refractivity contribution in [1.82, 2.24) is 0 Å². The van der Waals surface area contributed by atoms with Crippen molar-refractivity contribution in [3.05, 3.63) is 12.2 Å². The topological polar surface area (TPSA) is 82.5 Å². The van der Waals surface area contributed by atoms with Gasteiger partial charge in [-0.2, -0.15) is 0 Å². The van der Waals surface area contributed by atoms with Crippen LogP contribution in [-0.4, -0.2) is 51.1 Å². The van der Waals surface area contributed by atoms with E-state index in [9.17, 15) is 15.3 Å². The molecule has 4 fully saturated rings. The van der Waals surface area contributed by atoms with Crippen molar-refractivity contribution < 1.29 is 24.8 Å².